The van der Waals surface area contributed by atoms with E-state index in [1.807, 2.05) is 0 Å². The number of benzene rings is 2. The van der Waals surface area contributed by atoms with Crippen molar-refractivity contribution in [2.45, 2.75) is 20.2 Å². The summed E-state index contributed by atoms with van der Waals surface area (Å²) in [5, 5.41) is 9.63. The summed E-state index contributed by atoms with van der Waals surface area (Å²) in [5.74, 6) is -0.137. The second kappa shape index (κ2) is 5.61. The van der Waals surface area contributed by atoms with Gasteiger partial charge in [-0.05, 0) is 24.3 Å². The van der Waals surface area contributed by atoms with Gasteiger partial charge >= 0.3 is 5.51 Å². The lowest BCUT2D eigenvalue weighted by Gasteiger charge is -2.12. The van der Waals surface area contributed by atoms with E-state index in [1.54, 1.807) is 12.1 Å². The number of sulfone groups is 1. The number of phenols is 1. The van der Waals surface area contributed by atoms with Crippen molar-refractivity contribution >= 4 is 21.6 Å². The third-order valence-electron chi connectivity index (χ3n) is 2.53. The van der Waals surface area contributed by atoms with Gasteiger partial charge in [-0.2, -0.15) is 13.2 Å². The van der Waals surface area contributed by atoms with Crippen molar-refractivity contribution in [3.63, 3.8) is 0 Å². The number of hydrogen-bond acceptors (Lipinski definition) is 4. The van der Waals surface area contributed by atoms with Crippen molar-refractivity contribution in [2.24, 2.45) is 0 Å². The molecule has 0 spiro atoms. The largest absolute Gasteiger partial charge is 0.507 e. The van der Waals surface area contributed by atoms with Crippen molar-refractivity contribution < 1.29 is 26.7 Å². The van der Waals surface area contributed by atoms with Gasteiger partial charge < -0.3 is 5.11 Å². The third-order valence-corrected chi connectivity index (χ3v) is 5.34. The first-order chi connectivity index (χ1) is 9.73. The molecule has 0 saturated heterocycles. The maximum absolute atomic E-state index is 12.7. The normalized spacial score (nSPS) is 12.3. The first kappa shape index (κ1) is 15.7. The Morgan fingerprint density at radius 3 is 2.00 bits per heavy atom. The smallest absolute Gasteiger partial charge is 0.501 e. The molecule has 0 aromatic heterocycles. The first-order valence-electron chi connectivity index (χ1n) is 5.60. The molecule has 0 amide bonds. The van der Waals surface area contributed by atoms with E-state index in [0.717, 1.165) is 17.8 Å². The fourth-order valence-electron chi connectivity index (χ4n) is 1.54. The van der Waals surface area contributed by atoms with Crippen LogP contribution in [0.5, 0.6) is 5.75 Å². The number of para-hydroxylation sites is 1. The minimum atomic E-state index is -5.44. The summed E-state index contributed by atoms with van der Waals surface area (Å²) in [4.78, 5) is -0.663. The lowest BCUT2D eigenvalue weighted by Crippen LogP contribution is -2.23. The molecule has 0 atom stereocenters. The lowest BCUT2D eigenvalue weighted by atomic mass is 10.3. The SMILES string of the molecule is O=S(=O)(c1ccccc1Sc1ccccc1O)C(F)(F)F. The van der Waals surface area contributed by atoms with Crippen LogP contribution in [0.25, 0.3) is 0 Å². The summed E-state index contributed by atoms with van der Waals surface area (Å²) in [6, 6.07) is 10.8. The van der Waals surface area contributed by atoms with Gasteiger partial charge in [-0.15, -0.1) is 0 Å². The molecule has 0 saturated carbocycles. The van der Waals surface area contributed by atoms with E-state index in [2.05, 4.69) is 0 Å². The summed E-state index contributed by atoms with van der Waals surface area (Å²) in [6.45, 7) is 0. The van der Waals surface area contributed by atoms with Crippen LogP contribution in [0.4, 0.5) is 13.2 Å². The standard InChI is InChI=1S/C13H9F3O3S2/c14-13(15,16)21(18,19)12-8-4-3-7-11(12)20-10-6-2-1-5-9(10)17/h1-8,17H. The van der Waals surface area contributed by atoms with E-state index in [9.17, 15) is 26.7 Å². The van der Waals surface area contributed by atoms with Crippen molar-refractivity contribution in [2.75, 3.05) is 0 Å². The van der Waals surface area contributed by atoms with E-state index in [-0.39, 0.29) is 15.5 Å². The fraction of sp³-hybridized carbons (Fsp3) is 0.0769. The predicted octanol–water partition coefficient (Wildman–Crippen LogP) is 3.84. The van der Waals surface area contributed by atoms with Crippen LogP contribution in [0.2, 0.25) is 0 Å². The maximum Gasteiger partial charge on any atom is 0.501 e. The summed E-state index contributed by atoms with van der Waals surface area (Å²) < 4.78 is 61.1. The van der Waals surface area contributed by atoms with E-state index in [0.29, 0.717) is 0 Å². The van der Waals surface area contributed by atoms with Crippen molar-refractivity contribution in [3.8, 4) is 5.75 Å². The maximum atomic E-state index is 12.7. The zero-order valence-electron chi connectivity index (χ0n) is 10.3. The van der Waals surface area contributed by atoms with Crippen LogP contribution in [0.15, 0.2) is 63.2 Å². The molecule has 2 aromatic rings. The average Bonchev–Trinajstić information content (AvgIpc) is 2.40. The molecule has 3 nitrogen and oxygen atoms in total. The molecule has 0 radical (unpaired) electrons. The van der Waals surface area contributed by atoms with Crippen LogP contribution in [0, 0.1) is 0 Å². The third kappa shape index (κ3) is 3.16. The van der Waals surface area contributed by atoms with Crippen molar-refractivity contribution in [1.29, 1.82) is 0 Å². The Balaban J connectivity index is 2.51. The van der Waals surface area contributed by atoms with Gasteiger partial charge in [-0.25, -0.2) is 8.42 Å². The van der Waals surface area contributed by atoms with Gasteiger partial charge in [0.15, 0.2) is 0 Å². The molecule has 0 aliphatic carbocycles. The first-order valence-corrected chi connectivity index (χ1v) is 7.89. The number of hydrogen-bond donors (Lipinski definition) is 1. The summed E-state index contributed by atoms with van der Waals surface area (Å²) in [5.41, 5.74) is -5.37. The van der Waals surface area contributed by atoms with Crippen molar-refractivity contribution in [3.05, 3.63) is 48.5 Å². The molecule has 0 unspecified atom stereocenters. The highest BCUT2D eigenvalue weighted by atomic mass is 32.2. The summed E-state index contributed by atoms with van der Waals surface area (Å²) in [7, 11) is -5.44. The molecule has 0 aliphatic rings. The highest BCUT2D eigenvalue weighted by Crippen LogP contribution is 2.40. The van der Waals surface area contributed by atoms with Gasteiger partial charge in [0, 0.05) is 4.90 Å². The quantitative estimate of drug-likeness (QED) is 0.927. The van der Waals surface area contributed by atoms with Gasteiger partial charge in [0.05, 0.1) is 9.79 Å². The predicted molar refractivity (Wildman–Crippen MR) is 71.9 cm³/mol. The highest BCUT2D eigenvalue weighted by Gasteiger charge is 2.47. The molecule has 8 heteroatoms. The number of halogens is 3. The Morgan fingerprint density at radius 2 is 1.43 bits per heavy atom. The Hall–Kier alpha value is -1.67. The number of aromatic hydroxyl groups is 1. The van der Waals surface area contributed by atoms with Gasteiger partial charge in [0.25, 0.3) is 9.84 Å². The van der Waals surface area contributed by atoms with Gasteiger partial charge in [-0.1, -0.05) is 36.0 Å². The Labute approximate surface area is 123 Å². The average molecular weight is 334 g/mol. The van der Waals surface area contributed by atoms with E-state index >= 15 is 0 Å². The lowest BCUT2D eigenvalue weighted by molar-refractivity contribution is -0.0437. The van der Waals surface area contributed by atoms with Crippen molar-refractivity contribution in [1.82, 2.24) is 0 Å². The Kier molecular flexibility index (Phi) is 4.20. The van der Waals surface area contributed by atoms with E-state index < -0.39 is 20.2 Å². The molecular formula is C13H9F3O3S2. The van der Waals surface area contributed by atoms with Crippen LogP contribution in [0.1, 0.15) is 0 Å². The minimum Gasteiger partial charge on any atom is -0.507 e. The molecule has 2 rings (SSSR count). The van der Waals surface area contributed by atoms with Gasteiger partial charge in [-0.3, -0.25) is 0 Å². The fourth-order valence-corrected chi connectivity index (χ4v) is 3.71. The number of phenolic OH excluding ortho intramolecular Hbond substituents is 1. The van der Waals surface area contributed by atoms with Crippen LogP contribution >= 0.6 is 11.8 Å². The minimum absolute atomic E-state index is 0.101. The second-order valence-electron chi connectivity index (χ2n) is 3.97. The Bertz CT molecular complexity index is 755. The van der Waals surface area contributed by atoms with Crippen LogP contribution < -0.4 is 0 Å². The molecule has 0 fully saturated rings. The Morgan fingerprint density at radius 1 is 0.905 bits per heavy atom. The highest BCUT2D eigenvalue weighted by molar-refractivity contribution is 8.00. The zero-order chi connectivity index (χ0) is 15.7. The zero-order valence-corrected chi connectivity index (χ0v) is 12.0. The van der Waals surface area contributed by atoms with Crippen LogP contribution in [0.3, 0.4) is 0 Å². The van der Waals surface area contributed by atoms with Crippen LogP contribution in [-0.4, -0.2) is 19.0 Å². The molecule has 1 N–H and O–H groups in total. The monoisotopic (exact) mass is 334 g/mol. The summed E-state index contributed by atoms with van der Waals surface area (Å²) in [6.07, 6.45) is 0. The molecule has 21 heavy (non-hydrogen) atoms. The number of rotatable bonds is 3. The molecule has 0 aliphatic heterocycles. The number of alkyl halides is 3. The van der Waals surface area contributed by atoms with Crippen LogP contribution in [-0.2, 0) is 9.84 Å². The van der Waals surface area contributed by atoms with Gasteiger partial charge in [0.1, 0.15) is 5.75 Å². The van der Waals surface area contributed by atoms with E-state index in [4.69, 9.17) is 0 Å². The molecule has 112 valence electrons. The summed E-state index contributed by atoms with van der Waals surface area (Å²) >= 11 is 0.755. The molecule has 2 aromatic carbocycles. The molecule has 0 heterocycles. The van der Waals surface area contributed by atoms with E-state index in [1.165, 1.54) is 30.3 Å². The van der Waals surface area contributed by atoms with Gasteiger partial charge in [0.2, 0.25) is 0 Å². The second-order valence-corrected chi connectivity index (χ2v) is 6.96. The topological polar surface area (TPSA) is 54.4 Å². The molecular weight excluding hydrogens is 325 g/mol. The molecule has 0 bridgehead atoms.